The third-order valence-corrected chi connectivity index (χ3v) is 3.84. The molecule has 3 rings (SSSR count). The first-order valence-corrected chi connectivity index (χ1v) is 7.55. The van der Waals surface area contributed by atoms with Gasteiger partial charge in [-0.15, -0.1) is 0 Å². The molecule has 0 aromatic heterocycles. The van der Waals surface area contributed by atoms with E-state index >= 15 is 0 Å². The van der Waals surface area contributed by atoms with E-state index in [2.05, 4.69) is 21.2 Å². The largest absolute Gasteiger partial charge is 0.457 e. The molecule has 5 heteroatoms. The SMILES string of the molecule is Fc1cc(CNC2CC2)cc(Oc2ccc(F)c(Br)c2)c1. The van der Waals surface area contributed by atoms with Gasteiger partial charge >= 0.3 is 0 Å². The van der Waals surface area contributed by atoms with Crippen LogP contribution >= 0.6 is 15.9 Å². The first-order valence-electron chi connectivity index (χ1n) is 6.76. The molecule has 2 aromatic carbocycles. The summed E-state index contributed by atoms with van der Waals surface area (Å²) in [7, 11) is 0. The zero-order valence-corrected chi connectivity index (χ0v) is 12.8. The number of rotatable bonds is 5. The summed E-state index contributed by atoms with van der Waals surface area (Å²) in [5.41, 5.74) is 0.832. The second-order valence-corrected chi connectivity index (χ2v) is 5.98. The summed E-state index contributed by atoms with van der Waals surface area (Å²) in [6.45, 7) is 0.617. The average molecular weight is 354 g/mol. The Bertz CT molecular complexity index is 659. The second kappa shape index (κ2) is 6.12. The second-order valence-electron chi connectivity index (χ2n) is 5.13. The zero-order chi connectivity index (χ0) is 14.8. The molecule has 1 fully saturated rings. The van der Waals surface area contributed by atoms with Gasteiger partial charge in [0.05, 0.1) is 4.47 Å². The Morgan fingerprint density at radius 1 is 1.10 bits per heavy atom. The van der Waals surface area contributed by atoms with Crippen LogP contribution in [0.1, 0.15) is 18.4 Å². The summed E-state index contributed by atoms with van der Waals surface area (Å²) in [6, 6.07) is 9.48. The lowest BCUT2D eigenvalue weighted by Crippen LogP contribution is -2.15. The van der Waals surface area contributed by atoms with Crippen molar-refractivity contribution in [1.29, 1.82) is 0 Å². The molecule has 0 unspecified atom stereocenters. The van der Waals surface area contributed by atoms with E-state index in [1.54, 1.807) is 6.07 Å². The summed E-state index contributed by atoms with van der Waals surface area (Å²) in [4.78, 5) is 0. The highest BCUT2D eigenvalue weighted by Gasteiger charge is 2.20. The van der Waals surface area contributed by atoms with Crippen molar-refractivity contribution in [3.8, 4) is 11.5 Å². The van der Waals surface area contributed by atoms with Crippen LogP contribution in [0, 0.1) is 11.6 Å². The lowest BCUT2D eigenvalue weighted by molar-refractivity contribution is 0.472. The molecule has 2 nitrogen and oxygen atoms in total. The molecule has 1 N–H and O–H groups in total. The first-order chi connectivity index (χ1) is 10.1. The predicted octanol–water partition coefficient (Wildman–Crippen LogP) is 4.77. The Morgan fingerprint density at radius 3 is 2.62 bits per heavy atom. The van der Waals surface area contributed by atoms with Gasteiger partial charge in [-0.25, -0.2) is 8.78 Å². The number of hydrogen-bond acceptors (Lipinski definition) is 2. The van der Waals surface area contributed by atoms with Crippen LogP contribution in [-0.4, -0.2) is 6.04 Å². The van der Waals surface area contributed by atoms with Gasteiger partial charge in [0.1, 0.15) is 23.1 Å². The molecule has 0 atom stereocenters. The highest BCUT2D eigenvalue weighted by atomic mass is 79.9. The van der Waals surface area contributed by atoms with Gasteiger partial charge in [0.2, 0.25) is 0 Å². The van der Waals surface area contributed by atoms with Crippen molar-refractivity contribution in [2.75, 3.05) is 0 Å². The Balaban J connectivity index is 1.75. The number of nitrogens with one attached hydrogen (secondary N) is 1. The first kappa shape index (κ1) is 14.5. The maximum atomic E-state index is 13.6. The van der Waals surface area contributed by atoms with Crippen LogP contribution in [0.5, 0.6) is 11.5 Å². The molecule has 1 aliphatic carbocycles. The van der Waals surface area contributed by atoms with Gasteiger partial charge < -0.3 is 10.1 Å². The standard InChI is InChI=1S/C16H14BrF2NO/c17-15-8-13(3-4-16(15)19)21-14-6-10(5-11(18)7-14)9-20-12-1-2-12/h3-8,12,20H,1-2,9H2. The Morgan fingerprint density at radius 2 is 1.90 bits per heavy atom. The predicted molar refractivity (Wildman–Crippen MR) is 80.4 cm³/mol. The normalized spacial score (nSPS) is 14.2. The molecule has 0 spiro atoms. The van der Waals surface area contributed by atoms with Crippen molar-refractivity contribution < 1.29 is 13.5 Å². The molecule has 2 aromatic rings. The maximum Gasteiger partial charge on any atom is 0.137 e. The van der Waals surface area contributed by atoms with E-state index in [1.807, 2.05) is 0 Å². The van der Waals surface area contributed by atoms with Crippen molar-refractivity contribution in [1.82, 2.24) is 5.32 Å². The van der Waals surface area contributed by atoms with Crippen molar-refractivity contribution in [3.63, 3.8) is 0 Å². The molecule has 1 aliphatic rings. The van der Waals surface area contributed by atoms with E-state index in [0.29, 0.717) is 28.6 Å². The van der Waals surface area contributed by atoms with Gasteiger partial charge in [0.15, 0.2) is 0 Å². The molecule has 0 radical (unpaired) electrons. The van der Waals surface area contributed by atoms with Crippen LogP contribution in [-0.2, 0) is 6.54 Å². The topological polar surface area (TPSA) is 21.3 Å². The summed E-state index contributed by atoms with van der Waals surface area (Å²) < 4.78 is 32.7. The molecule has 0 heterocycles. The van der Waals surface area contributed by atoms with Gasteiger partial charge in [0.25, 0.3) is 0 Å². The molecule has 0 amide bonds. The number of hydrogen-bond donors (Lipinski definition) is 1. The van der Waals surface area contributed by atoms with Crippen LogP contribution in [0.15, 0.2) is 40.9 Å². The Kier molecular flexibility index (Phi) is 4.22. The van der Waals surface area contributed by atoms with E-state index in [-0.39, 0.29) is 11.6 Å². The molecular weight excluding hydrogens is 340 g/mol. The minimum atomic E-state index is -0.365. The highest BCUT2D eigenvalue weighted by Crippen LogP contribution is 2.28. The van der Waals surface area contributed by atoms with Crippen molar-refractivity contribution in [2.45, 2.75) is 25.4 Å². The van der Waals surface area contributed by atoms with E-state index in [0.717, 1.165) is 5.56 Å². The van der Waals surface area contributed by atoms with Crippen molar-refractivity contribution in [2.24, 2.45) is 0 Å². The monoisotopic (exact) mass is 353 g/mol. The number of benzene rings is 2. The highest BCUT2D eigenvalue weighted by molar-refractivity contribution is 9.10. The fourth-order valence-corrected chi connectivity index (χ4v) is 2.37. The maximum absolute atomic E-state index is 13.6. The fourth-order valence-electron chi connectivity index (χ4n) is 2.01. The fraction of sp³-hybridized carbons (Fsp3) is 0.250. The molecule has 0 bridgehead atoms. The van der Waals surface area contributed by atoms with Crippen LogP contribution < -0.4 is 10.1 Å². The van der Waals surface area contributed by atoms with E-state index < -0.39 is 0 Å². The zero-order valence-electron chi connectivity index (χ0n) is 11.2. The molecule has 110 valence electrons. The van der Waals surface area contributed by atoms with Gasteiger partial charge in [-0.3, -0.25) is 0 Å². The average Bonchev–Trinajstić information content (AvgIpc) is 3.24. The van der Waals surface area contributed by atoms with Crippen LogP contribution in [0.4, 0.5) is 8.78 Å². The minimum Gasteiger partial charge on any atom is -0.457 e. The summed E-state index contributed by atoms with van der Waals surface area (Å²) in [6.07, 6.45) is 2.37. The lowest BCUT2D eigenvalue weighted by atomic mass is 10.2. The minimum absolute atomic E-state index is 0.312. The van der Waals surface area contributed by atoms with Crippen LogP contribution in [0.2, 0.25) is 0 Å². The smallest absolute Gasteiger partial charge is 0.137 e. The van der Waals surface area contributed by atoms with E-state index in [4.69, 9.17) is 4.74 Å². The molecule has 0 saturated heterocycles. The van der Waals surface area contributed by atoms with Crippen LogP contribution in [0.3, 0.4) is 0 Å². The van der Waals surface area contributed by atoms with E-state index in [1.165, 1.54) is 43.2 Å². The molecule has 1 saturated carbocycles. The quantitative estimate of drug-likeness (QED) is 0.835. The van der Waals surface area contributed by atoms with E-state index in [9.17, 15) is 8.78 Å². The Labute approximate surface area is 130 Å². The molecular formula is C16H14BrF2NO. The number of halogens is 3. The van der Waals surface area contributed by atoms with Crippen molar-refractivity contribution in [3.05, 3.63) is 58.1 Å². The van der Waals surface area contributed by atoms with Gasteiger partial charge in [-0.05, 0) is 64.7 Å². The summed E-state index contributed by atoms with van der Waals surface area (Å²) in [5.74, 6) is 0.147. The number of ether oxygens (including phenoxy) is 1. The van der Waals surface area contributed by atoms with Gasteiger partial charge in [-0.2, -0.15) is 0 Å². The lowest BCUT2D eigenvalue weighted by Gasteiger charge is -2.09. The molecule has 0 aliphatic heterocycles. The summed E-state index contributed by atoms with van der Waals surface area (Å²) >= 11 is 3.10. The third kappa shape index (κ3) is 4.02. The van der Waals surface area contributed by atoms with Gasteiger partial charge in [0, 0.05) is 18.7 Å². The van der Waals surface area contributed by atoms with Gasteiger partial charge in [-0.1, -0.05) is 0 Å². The van der Waals surface area contributed by atoms with Crippen LogP contribution in [0.25, 0.3) is 0 Å². The Hall–Kier alpha value is -1.46. The summed E-state index contributed by atoms with van der Waals surface area (Å²) in [5, 5.41) is 3.33. The van der Waals surface area contributed by atoms with Crippen molar-refractivity contribution >= 4 is 15.9 Å². The third-order valence-electron chi connectivity index (χ3n) is 3.23. The molecule has 21 heavy (non-hydrogen) atoms.